The Labute approximate surface area is 131 Å². The van der Waals surface area contributed by atoms with Crippen LogP contribution in [0.15, 0.2) is 0 Å². The second-order valence-corrected chi connectivity index (χ2v) is 3.44. The van der Waals surface area contributed by atoms with Crippen molar-refractivity contribution in [2.24, 2.45) is 0 Å². The Morgan fingerprint density at radius 1 is 0.619 bits per heavy atom. The maximum atomic E-state index is 10.8. The fraction of sp³-hybridized carbons (Fsp3) is 0.600. The molecule has 0 aliphatic rings. The molecule has 0 aromatic carbocycles. The summed E-state index contributed by atoms with van der Waals surface area (Å²) in [6.45, 7) is 3.97. The minimum atomic E-state index is -0.724. The van der Waals surface area contributed by atoms with Crippen LogP contribution in [0.3, 0.4) is 0 Å². The third kappa shape index (κ3) is 13.1. The van der Waals surface area contributed by atoms with E-state index in [1.807, 2.05) is 0 Å². The predicted molar refractivity (Wildman–Crippen MR) is 60.5 cm³/mol. The molecule has 0 aliphatic carbocycles. The quantitative estimate of drug-likeness (QED) is 0.556. The van der Waals surface area contributed by atoms with Crippen LogP contribution < -0.4 is 0 Å². The van der Waals surface area contributed by atoms with Crippen LogP contribution in [0.5, 0.6) is 0 Å². The first-order chi connectivity index (χ1) is 9.20. The summed E-state index contributed by atoms with van der Waals surface area (Å²) in [6.07, 6.45) is 0. The van der Waals surface area contributed by atoms with Gasteiger partial charge < -0.3 is 19.4 Å². The first kappa shape index (κ1) is 21.6. The fourth-order valence-electron chi connectivity index (χ4n) is 0.957. The van der Waals surface area contributed by atoms with Crippen LogP contribution >= 0.6 is 0 Å². The van der Waals surface area contributed by atoms with Crippen molar-refractivity contribution in [1.29, 1.82) is 0 Å². The Morgan fingerprint density at radius 3 is 0.952 bits per heavy atom. The van der Waals surface area contributed by atoms with Gasteiger partial charge in [0, 0.05) is 38.1 Å². The van der Waals surface area contributed by atoms with Crippen LogP contribution in [0.2, 0.25) is 0 Å². The SMILES string of the molecule is CC(=O)ON(CCN(OC(C)=O)OC(C)=O)OC(C)=O.[Co+3]. The zero-order valence-corrected chi connectivity index (χ0v) is 12.9. The molecular formula is C10H16CoN2O8+3. The van der Waals surface area contributed by atoms with Crippen LogP contribution in [0, 0.1) is 0 Å². The number of hydrogen-bond donors (Lipinski definition) is 0. The summed E-state index contributed by atoms with van der Waals surface area (Å²) < 4.78 is 0. The molecule has 10 nitrogen and oxygen atoms in total. The molecule has 120 valence electrons. The molecule has 11 heteroatoms. The number of carbonyl (C=O) groups is 4. The topological polar surface area (TPSA) is 112 Å². The Balaban J connectivity index is 0. The average molecular weight is 351 g/mol. The monoisotopic (exact) mass is 351 g/mol. The van der Waals surface area contributed by atoms with Gasteiger partial charge >= 0.3 is 40.7 Å². The number of hydroxylamine groups is 4. The van der Waals surface area contributed by atoms with Crippen molar-refractivity contribution in [3.63, 3.8) is 0 Å². The van der Waals surface area contributed by atoms with E-state index < -0.39 is 23.9 Å². The van der Waals surface area contributed by atoms with Gasteiger partial charge in [-0.05, 0) is 0 Å². The molecule has 0 saturated carbocycles. The Hall–Kier alpha value is -1.69. The summed E-state index contributed by atoms with van der Waals surface area (Å²) in [6, 6.07) is 0. The van der Waals surface area contributed by atoms with Crippen molar-refractivity contribution in [3.05, 3.63) is 0 Å². The number of hydrogen-bond acceptors (Lipinski definition) is 10. The van der Waals surface area contributed by atoms with E-state index in [-0.39, 0.29) is 29.9 Å². The normalized spacial score (nSPS) is 9.62. The molecular weight excluding hydrogens is 335 g/mol. The van der Waals surface area contributed by atoms with Crippen molar-refractivity contribution in [3.8, 4) is 0 Å². The van der Waals surface area contributed by atoms with E-state index in [1.165, 1.54) is 0 Å². The molecule has 0 aromatic heterocycles. The van der Waals surface area contributed by atoms with Crippen molar-refractivity contribution in [2.45, 2.75) is 27.7 Å². The van der Waals surface area contributed by atoms with Gasteiger partial charge in [0.2, 0.25) is 0 Å². The van der Waals surface area contributed by atoms with Gasteiger partial charge in [-0.3, -0.25) is 19.2 Å². The van der Waals surface area contributed by atoms with Gasteiger partial charge in [-0.25, -0.2) is 0 Å². The summed E-state index contributed by atoms with van der Waals surface area (Å²) in [4.78, 5) is 61.4. The van der Waals surface area contributed by atoms with E-state index in [4.69, 9.17) is 0 Å². The maximum Gasteiger partial charge on any atom is 3.00 e. The van der Waals surface area contributed by atoms with Crippen molar-refractivity contribution in [1.82, 2.24) is 10.5 Å². The second kappa shape index (κ2) is 11.0. The van der Waals surface area contributed by atoms with Crippen molar-refractivity contribution < 1.29 is 55.3 Å². The van der Waals surface area contributed by atoms with Gasteiger partial charge in [-0.1, -0.05) is 0 Å². The van der Waals surface area contributed by atoms with Gasteiger partial charge in [0.15, 0.2) is 0 Å². The minimum absolute atomic E-state index is 0. The van der Waals surface area contributed by atoms with Crippen molar-refractivity contribution >= 4 is 23.9 Å². The molecule has 0 rings (SSSR count). The summed E-state index contributed by atoms with van der Waals surface area (Å²) in [5.74, 6) is -2.90. The summed E-state index contributed by atoms with van der Waals surface area (Å²) >= 11 is 0. The Bertz CT molecular complexity index is 321. The molecule has 0 amide bonds. The van der Waals surface area contributed by atoms with Crippen LogP contribution in [0.1, 0.15) is 27.7 Å². The second-order valence-electron chi connectivity index (χ2n) is 3.44. The first-order valence-corrected chi connectivity index (χ1v) is 5.50. The number of rotatable bonds is 7. The molecule has 0 bridgehead atoms. The van der Waals surface area contributed by atoms with Crippen LogP contribution in [-0.4, -0.2) is 47.4 Å². The molecule has 0 unspecified atom stereocenters. The zero-order chi connectivity index (χ0) is 15.7. The molecule has 0 heterocycles. The fourth-order valence-corrected chi connectivity index (χ4v) is 0.957. The van der Waals surface area contributed by atoms with Crippen molar-refractivity contribution in [2.75, 3.05) is 13.1 Å². The van der Waals surface area contributed by atoms with Gasteiger partial charge in [0.05, 0.1) is 13.1 Å². The smallest absolute Gasteiger partial charge is 0.333 e. The molecule has 0 spiro atoms. The Morgan fingerprint density at radius 2 is 0.810 bits per heavy atom. The van der Waals surface area contributed by atoms with Crippen LogP contribution in [0.4, 0.5) is 0 Å². The molecule has 0 fully saturated rings. The molecule has 0 radical (unpaired) electrons. The van der Waals surface area contributed by atoms with Gasteiger partial charge in [0.1, 0.15) is 0 Å². The molecule has 0 aliphatic heterocycles. The predicted octanol–water partition coefficient (Wildman–Crippen LogP) is -0.500. The third-order valence-corrected chi connectivity index (χ3v) is 1.39. The van der Waals surface area contributed by atoms with E-state index in [9.17, 15) is 19.2 Å². The average Bonchev–Trinajstić information content (AvgIpc) is 2.22. The van der Waals surface area contributed by atoms with E-state index in [0.717, 1.165) is 27.7 Å². The van der Waals surface area contributed by atoms with Gasteiger partial charge in [0.25, 0.3) is 0 Å². The molecule has 0 aromatic rings. The molecule has 21 heavy (non-hydrogen) atoms. The van der Waals surface area contributed by atoms with E-state index >= 15 is 0 Å². The van der Waals surface area contributed by atoms with E-state index in [0.29, 0.717) is 10.5 Å². The summed E-state index contributed by atoms with van der Waals surface area (Å²) in [5, 5.41) is 1.15. The summed E-state index contributed by atoms with van der Waals surface area (Å²) in [7, 11) is 0. The summed E-state index contributed by atoms with van der Waals surface area (Å²) in [5.41, 5.74) is 0. The third-order valence-electron chi connectivity index (χ3n) is 1.39. The number of carbonyl (C=O) groups excluding carboxylic acids is 4. The Kier molecular flexibility index (Phi) is 11.3. The van der Waals surface area contributed by atoms with Crippen LogP contribution in [-0.2, 0) is 55.3 Å². The van der Waals surface area contributed by atoms with E-state index in [2.05, 4.69) is 19.4 Å². The van der Waals surface area contributed by atoms with Gasteiger partial charge in [-0.15, -0.1) is 0 Å². The van der Waals surface area contributed by atoms with Crippen LogP contribution in [0.25, 0.3) is 0 Å². The maximum absolute atomic E-state index is 10.8. The van der Waals surface area contributed by atoms with Gasteiger partial charge in [-0.2, -0.15) is 0 Å². The largest absolute Gasteiger partial charge is 3.00 e. The number of nitrogens with zero attached hydrogens (tertiary/aromatic N) is 2. The molecule has 0 saturated heterocycles. The zero-order valence-electron chi connectivity index (χ0n) is 11.9. The van der Waals surface area contributed by atoms with E-state index in [1.54, 1.807) is 0 Å². The molecule has 0 N–H and O–H groups in total. The molecule has 0 atom stereocenters. The standard InChI is InChI=1S/C10H16N2O8.Co/c1-7(13)17-11(18-8(2)14)5-6-12(19-9(3)15)20-10(4)16;/h5-6H2,1-4H3;/q;+3. The first-order valence-electron chi connectivity index (χ1n) is 5.50. The minimum Gasteiger partial charge on any atom is -0.333 e.